The second-order valence-corrected chi connectivity index (χ2v) is 6.39. The van der Waals surface area contributed by atoms with Crippen molar-refractivity contribution >= 4 is 11.6 Å². The molecule has 0 saturated heterocycles. The Balaban J connectivity index is 1.61. The zero-order valence-electron chi connectivity index (χ0n) is 15.4. The molecule has 3 N–H and O–H groups in total. The van der Waals surface area contributed by atoms with Crippen LogP contribution in [0.2, 0.25) is 0 Å². The van der Waals surface area contributed by atoms with Gasteiger partial charge in [-0.15, -0.1) is 0 Å². The lowest BCUT2D eigenvalue weighted by Crippen LogP contribution is -2.23. The van der Waals surface area contributed by atoms with Gasteiger partial charge in [-0.1, -0.05) is 30.3 Å². The summed E-state index contributed by atoms with van der Waals surface area (Å²) < 4.78 is 11.2. The van der Waals surface area contributed by atoms with Crippen LogP contribution in [0.3, 0.4) is 0 Å². The van der Waals surface area contributed by atoms with E-state index in [1.165, 1.54) is 12.0 Å². The van der Waals surface area contributed by atoms with Gasteiger partial charge in [-0.2, -0.15) is 0 Å². The maximum absolute atomic E-state index is 6.10. The predicted octanol–water partition coefficient (Wildman–Crippen LogP) is 4.01. The molecule has 2 aromatic carbocycles. The number of rotatable bonds is 8. The lowest BCUT2D eigenvalue weighted by atomic mass is 10.1. The van der Waals surface area contributed by atoms with E-state index >= 15 is 0 Å². The Morgan fingerprint density at radius 1 is 1.12 bits per heavy atom. The van der Waals surface area contributed by atoms with Crippen LogP contribution in [-0.4, -0.2) is 25.7 Å². The summed E-state index contributed by atoms with van der Waals surface area (Å²) in [5.41, 5.74) is 8.26. The molecule has 0 radical (unpaired) electrons. The third-order valence-electron chi connectivity index (χ3n) is 4.47. The molecule has 5 nitrogen and oxygen atoms in total. The highest BCUT2D eigenvalue weighted by Gasteiger charge is 2.37. The molecule has 0 heterocycles. The minimum atomic E-state index is 0.401. The van der Waals surface area contributed by atoms with Crippen molar-refractivity contribution in [1.29, 1.82) is 0 Å². The minimum Gasteiger partial charge on any atom is -0.494 e. The second kappa shape index (κ2) is 8.61. The van der Waals surface area contributed by atoms with Crippen LogP contribution in [0.1, 0.15) is 31.7 Å². The van der Waals surface area contributed by atoms with Gasteiger partial charge in [0.2, 0.25) is 0 Å². The van der Waals surface area contributed by atoms with Crippen LogP contribution >= 0.6 is 0 Å². The molecule has 0 bridgehead atoms. The number of nitrogens with two attached hydrogens (primary N) is 1. The Kier molecular flexibility index (Phi) is 6.00. The number of benzene rings is 2. The van der Waals surface area contributed by atoms with Crippen LogP contribution < -0.4 is 20.5 Å². The van der Waals surface area contributed by atoms with E-state index in [-0.39, 0.29) is 0 Å². The molecule has 138 valence electrons. The van der Waals surface area contributed by atoms with Gasteiger partial charge in [-0.3, -0.25) is 4.99 Å². The van der Waals surface area contributed by atoms with Crippen molar-refractivity contribution in [3.8, 4) is 11.5 Å². The summed E-state index contributed by atoms with van der Waals surface area (Å²) in [5, 5.41) is 3.15. The number of anilines is 1. The van der Waals surface area contributed by atoms with E-state index in [4.69, 9.17) is 15.2 Å². The third kappa shape index (κ3) is 4.69. The lowest BCUT2D eigenvalue weighted by Gasteiger charge is -2.14. The summed E-state index contributed by atoms with van der Waals surface area (Å²) in [6.07, 6.45) is 1.17. The van der Waals surface area contributed by atoms with Gasteiger partial charge in [0.05, 0.1) is 18.9 Å². The molecule has 2 aromatic rings. The first-order valence-corrected chi connectivity index (χ1v) is 9.22. The van der Waals surface area contributed by atoms with Gasteiger partial charge in [0, 0.05) is 12.6 Å². The monoisotopic (exact) mass is 353 g/mol. The third-order valence-corrected chi connectivity index (χ3v) is 4.47. The van der Waals surface area contributed by atoms with E-state index in [0.29, 0.717) is 31.0 Å². The Morgan fingerprint density at radius 2 is 1.88 bits per heavy atom. The summed E-state index contributed by atoms with van der Waals surface area (Å²) in [7, 11) is 0. The molecule has 1 aliphatic rings. The van der Waals surface area contributed by atoms with Crippen LogP contribution in [0.4, 0.5) is 5.69 Å². The lowest BCUT2D eigenvalue weighted by molar-refractivity contribution is 0.332. The number of guanidine groups is 1. The Morgan fingerprint density at radius 3 is 2.62 bits per heavy atom. The summed E-state index contributed by atoms with van der Waals surface area (Å²) in [5.74, 6) is 3.09. The first kappa shape index (κ1) is 18.1. The molecule has 26 heavy (non-hydrogen) atoms. The van der Waals surface area contributed by atoms with E-state index in [1.807, 2.05) is 38.1 Å². The molecular formula is C21H27N3O2. The van der Waals surface area contributed by atoms with E-state index < -0.39 is 0 Å². The molecule has 1 aliphatic carbocycles. The van der Waals surface area contributed by atoms with Gasteiger partial charge in [-0.05, 0) is 49.8 Å². The normalized spacial score (nSPS) is 19.1. The summed E-state index contributed by atoms with van der Waals surface area (Å²) in [4.78, 5) is 4.52. The topological polar surface area (TPSA) is 68.9 Å². The first-order chi connectivity index (χ1) is 12.7. The summed E-state index contributed by atoms with van der Waals surface area (Å²) in [6.45, 7) is 5.83. The van der Waals surface area contributed by atoms with Gasteiger partial charge in [0.1, 0.15) is 11.5 Å². The molecule has 0 spiro atoms. The average Bonchev–Trinajstić information content (AvgIpc) is 3.43. The van der Waals surface area contributed by atoms with Crippen LogP contribution in [0, 0.1) is 5.92 Å². The van der Waals surface area contributed by atoms with E-state index in [2.05, 4.69) is 34.6 Å². The summed E-state index contributed by atoms with van der Waals surface area (Å²) >= 11 is 0. The number of nitrogens with one attached hydrogen (secondary N) is 1. The zero-order chi connectivity index (χ0) is 18.4. The highest BCUT2D eigenvalue weighted by molar-refractivity contribution is 5.94. The fraction of sp³-hybridized carbons (Fsp3) is 0.381. The summed E-state index contributed by atoms with van der Waals surface area (Å²) in [6, 6.07) is 16.3. The fourth-order valence-corrected chi connectivity index (χ4v) is 3.10. The number of hydrogen-bond donors (Lipinski definition) is 2. The molecular weight excluding hydrogens is 326 g/mol. The van der Waals surface area contributed by atoms with Gasteiger partial charge in [0.25, 0.3) is 0 Å². The smallest absolute Gasteiger partial charge is 0.193 e. The van der Waals surface area contributed by atoms with E-state index in [0.717, 1.165) is 23.7 Å². The average molecular weight is 353 g/mol. The Bertz CT molecular complexity index is 746. The molecule has 3 rings (SSSR count). The van der Waals surface area contributed by atoms with Crippen LogP contribution in [0.15, 0.2) is 53.5 Å². The van der Waals surface area contributed by atoms with Crippen molar-refractivity contribution in [3.05, 3.63) is 54.1 Å². The van der Waals surface area contributed by atoms with Gasteiger partial charge < -0.3 is 20.5 Å². The quantitative estimate of drug-likeness (QED) is 0.556. The molecule has 1 saturated carbocycles. The Hall–Kier alpha value is -2.69. The van der Waals surface area contributed by atoms with Crippen LogP contribution in [0.25, 0.3) is 0 Å². The number of ether oxygens (including phenoxy) is 2. The maximum Gasteiger partial charge on any atom is 0.193 e. The molecule has 2 atom stereocenters. The largest absolute Gasteiger partial charge is 0.494 e. The molecule has 2 unspecified atom stereocenters. The SMILES string of the molecule is CCOc1ccc(OCC)c(NC(N)=NCC2CC2c2ccccc2)c1. The maximum atomic E-state index is 6.10. The van der Waals surface area contributed by atoms with E-state index in [1.54, 1.807) is 0 Å². The predicted molar refractivity (Wildman–Crippen MR) is 106 cm³/mol. The van der Waals surface area contributed by atoms with Crippen molar-refractivity contribution in [3.63, 3.8) is 0 Å². The van der Waals surface area contributed by atoms with Crippen molar-refractivity contribution in [2.24, 2.45) is 16.6 Å². The van der Waals surface area contributed by atoms with Crippen molar-refractivity contribution < 1.29 is 9.47 Å². The molecule has 0 aromatic heterocycles. The molecule has 5 heteroatoms. The van der Waals surface area contributed by atoms with Crippen LogP contribution in [0.5, 0.6) is 11.5 Å². The van der Waals surface area contributed by atoms with Gasteiger partial charge in [-0.25, -0.2) is 0 Å². The zero-order valence-corrected chi connectivity index (χ0v) is 15.4. The number of hydrogen-bond acceptors (Lipinski definition) is 3. The minimum absolute atomic E-state index is 0.401. The Labute approximate surface area is 155 Å². The molecule has 1 fully saturated rings. The van der Waals surface area contributed by atoms with Crippen molar-refractivity contribution in [1.82, 2.24) is 0 Å². The van der Waals surface area contributed by atoms with E-state index in [9.17, 15) is 0 Å². The highest BCUT2D eigenvalue weighted by atomic mass is 16.5. The van der Waals surface area contributed by atoms with Crippen LogP contribution in [-0.2, 0) is 0 Å². The fourth-order valence-electron chi connectivity index (χ4n) is 3.10. The second-order valence-electron chi connectivity index (χ2n) is 6.39. The van der Waals surface area contributed by atoms with Crippen molar-refractivity contribution in [2.75, 3.05) is 25.1 Å². The first-order valence-electron chi connectivity index (χ1n) is 9.22. The van der Waals surface area contributed by atoms with Gasteiger partial charge >= 0.3 is 0 Å². The van der Waals surface area contributed by atoms with Gasteiger partial charge in [0.15, 0.2) is 5.96 Å². The number of aliphatic imine (C=N–C) groups is 1. The number of nitrogens with zero attached hydrogens (tertiary/aromatic N) is 1. The standard InChI is InChI=1S/C21H27N3O2/c1-3-25-17-10-11-20(26-4-2)19(13-17)24-21(22)23-14-16-12-18(16)15-8-6-5-7-9-15/h5-11,13,16,18H,3-4,12,14H2,1-2H3,(H3,22,23,24). The van der Waals surface area contributed by atoms with Crippen molar-refractivity contribution in [2.45, 2.75) is 26.2 Å². The molecule has 0 amide bonds. The molecule has 0 aliphatic heterocycles. The highest BCUT2D eigenvalue weighted by Crippen LogP contribution is 2.47.